The van der Waals surface area contributed by atoms with Gasteiger partial charge in [0.05, 0.1) is 12.8 Å². The fraction of sp³-hybridized carbons (Fsp3) is 0.632. The van der Waals surface area contributed by atoms with E-state index >= 15 is 0 Å². The van der Waals surface area contributed by atoms with Gasteiger partial charge in [-0.2, -0.15) is 0 Å². The molecule has 0 amide bonds. The van der Waals surface area contributed by atoms with E-state index < -0.39 is 15.6 Å². The minimum Gasteiger partial charge on any atom is -0.490 e. The van der Waals surface area contributed by atoms with Crippen LogP contribution in [-0.4, -0.2) is 63.4 Å². The molecular weight excluding hydrogens is 491 g/mol. The number of hydrogen-bond acceptors (Lipinski definition) is 4. The van der Waals surface area contributed by atoms with E-state index in [9.17, 15) is 8.42 Å². The van der Waals surface area contributed by atoms with Crippen LogP contribution >= 0.6 is 24.0 Å². The molecule has 9 heteroatoms. The molecule has 28 heavy (non-hydrogen) atoms. The first-order valence-electron chi connectivity index (χ1n) is 9.42. The number of piperidine rings is 1. The van der Waals surface area contributed by atoms with Gasteiger partial charge in [-0.25, -0.2) is 13.1 Å². The van der Waals surface area contributed by atoms with Crippen molar-refractivity contribution in [2.75, 3.05) is 32.4 Å². The lowest BCUT2D eigenvalue weighted by Gasteiger charge is -2.35. The van der Waals surface area contributed by atoms with E-state index in [1.54, 1.807) is 0 Å². The Balaban J connectivity index is 0.00000392. The molecule has 1 aliphatic rings. The monoisotopic (exact) mass is 524 g/mol. The summed E-state index contributed by atoms with van der Waals surface area (Å²) in [5.74, 6) is 1.73. The second-order valence-corrected chi connectivity index (χ2v) is 9.29. The number of para-hydroxylation sites is 1. The van der Waals surface area contributed by atoms with Gasteiger partial charge in [0.1, 0.15) is 11.9 Å². The molecule has 1 heterocycles. The standard InChI is InChI=1S/C19H32N4O3S.HI/c1-5-20-18(21-15-19(2,3)22-27(4,24)25)23-13-11-17(12-14-23)26-16-9-7-6-8-10-16;/h6-10,17,22H,5,11-15H2,1-4H3,(H,20,21);1H. The van der Waals surface area contributed by atoms with Crippen molar-refractivity contribution in [2.45, 2.75) is 45.3 Å². The van der Waals surface area contributed by atoms with Gasteiger partial charge in [0, 0.05) is 38.0 Å². The number of aliphatic imine (C=N–C) groups is 1. The number of nitrogens with zero attached hydrogens (tertiary/aromatic N) is 2. The molecule has 1 aromatic rings. The highest BCUT2D eigenvalue weighted by atomic mass is 127. The summed E-state index contributed by atoms with van der Waals surface area (Å²) in [5, 5.41) is 3.31. The maximum atomic E-state index is 11.5. The average molecular weight is 524 g/mol. The third kappa shape index (κ3) is 8.95. The number of guanidine groups is 1. The molecule has 0 saturated carbocycles. The van der Waals surface area contributed by atoms with Gasteiger partial charge < -0.3 is 15.0 Å². The Hall–Kier alpha value is -1.07. The zero-order chi connectivity index (χ0) is 19.9. The van der Waals surface area contributed by atoms with Crippen LogP contribution in [0.25, 0.3) is 0 Å². The van der Waals surface area contributed by atoms with Gasteiger partial charge in [-0.15, -0.1) is 24.0 Å². The molecule has 7 nitrogen and oxygen atoms in total. The van der Waals surface area contributed by atoms with Gasteiger partial charge in [0.15, 0.2) is 5.96 Å². The number of nitrogens with one attached hydrogen (secondary N) is 2. The largest absolute Gasteiger partial charge is 0.490 e. The summed E-state index contributed by atoms with van der Waals surface area (Å²) in [4.78, 5) is 6.88. The number of hydrogen-bond donors (Lipinski definition) is 2. The Morgan fingerprint density at radius 3 is 2.39 bits per heavy atom. The molecule has 0 spiro atoms. The molecule has 2 rings (SSSR count). The second kappa shape index (κ2) is 11.2. The predicted molar refractivity (Wildman–Crippen MR) is 125 cm³/mol. The number of ether oxygens (including phenoxy) is 1. The molecule has 1 aromatic carbocycles. The van der Waals surface area contributed by atoms with E-state index in [4.69, 9.17) is 4.74 Å². The number of likely N-dealkylation sites (tertiary alicyclic amines) is 1. The summed E-state index contributed by atoms with van der Waals surface area (Å²) >= 11 is 0. The summed E-state index contributed by atoms with van der Waals surface area (Å²) in [6, 6.07) is 9.90. The van der Waals surface area contributed by atoms with Gasteiger partial charge in [-0.1, -0.05) is 18.2 Å². The number of sulfonamides is 1. The van der Waals surface area contributed by atoms with Crippen LogP contribution in [0.4, 0.5) is 0 Å². The van der Waals surface area contributed by atoms with E-state index in [-0.39, 0.29) is 30.1 Å². The van der Waals surface area contributed by atoms with Crippen molar-refractivity contribution in [3.05, 3.63) is 30.3 Å². The summed E-state index contributed by atoms with van der Waals surface area (Å²) < 4.78 is 31.7. The minimum atomic E-state index is -3.27. The molecule has 1 fully saturated rings. The molecule has 0 aromatic heterocycles. The van der Waals surface area contributed by atoms with Crippen LogP contribution < -0.4 is 14.8 Å². The lowest BCUT2D eigenvalue weighted by atomic mass is 10.1. The summed E-state index contributed by atoms with van der Waals surface area (Å²) in [5.41, 5.74) is -0.636. The Labute approximate surface area is 186 Å². The topological polar surface area (TPSA) is 83.0 Å². The number of rotatable bonds is 7. The van der Waals surface area contributed by atoms with E-state index in [1.807, 2.05) is 51.1 Å². The molecular formula is C19H33IN4O3S. The van der Waals surface area contributed by atoms with Gasteiger partial charge >= 0.3 is 0 Å². The smallest absolute Gasteiger partial charge is 0.209 e. The molecule has 0 bridgehead atoms. The van der Waals surface area contributed by atoms with Gasteiger partial charge in [0.2, 0.25) is 10.0 Å². The van der Waals surface area contributed by atoms with Crippen molar-refractivity contribution >= 4 is 40.0 Å². The van der Waals surface area contributed by atoms with Crippen molar-refractivity contribution in [1.82, 2.24) is 14.9 Å². The van der Waals surface area contributed by atoms with Crippen LogP contribution in [0, 0.1) is 0 Å². The van der Waals surface area contributed by atoms with Crippen molar-refractivity contribution < 1.29 is 13.2 Å². The fourth-order valence-corrected chi connectivity index (χ4v) is 4.18. The summed E-state index contributed by atoms with van der Waals surface area (Å²) in [7, 11) is -3.27. The highest BCUT2D eigenvalue weighted by Crippen LogP contribution is 2.19. The van der Waals surface area contributed by atoms with Crippen molar-refractivity contribution in [3.8, 4) is 5.75 Å². The first-order valence-corrected chi connectivity index (χ1v) is 11.3. The normalized spacial score (nSPS) is 16.4. The summed E-state index contributed by atoms with van der Waals surface area (Å²) in [6.07, 6.45) is 3.21. The van der Waals surface area contributed by atoms with E-state index in [0.29, 0.717) is 6.54 Å². The van der Waals surface area contributed by atoms with Gasteiger partial charge in [0.25, 0.3) is 0 Å². The molecule has 1 aliphatic heterocycles. The minimum absolute atomic E-state index is 0. The quantitative estimate of drug-likeness (QED) is 0.326. The maximum Gasteiger partial charge on any atom is 0.209 e. The first kappa shape index (κ1) is 25.0. The van der Waals surface area contributed by atoms with Crippen LogP contribution in [0.2, 0.25) is 0 Å². The van der Waals surface area contributed by atoms with Crippen LogP contribution in [0.5, 0.6) is 5.75 Å². The molecule has 160 valence electrons. The predicted octanol–water partition coefficient (Wildman–Crippen LogP) is 2.44. The van der Waals surface area contributed by atoms with E-state index in [2.05, 4.69) is 19.9 Å². The lowest BCUT2D eigenvalue weighted by molar-refractivity contribution is 0.129. The first-order chi connectivity index (χ1) is 12.7. The Bertz CT molecular complexity index is 718. The molecule has 0 radical (unpaired) electrons. The van der Waals surface area contributed by atoms with E-state index in [0.717, 1.165) is 44.2 Å². The lowest BCUT2D eigenvalue weighted by Crippen LogP contribution is -2.49. The molecule has 2 N–H and O–H groups in total. The van der Waals surface area contributed by atoms with Gasteiger partial charge in [-0.05, 0) is 32.9 Å². The van der Waals surface area contributed by atoms with E-state index in [1.165, 1.54) is 6.26 Å². The van der Waals surface area contributed by atoms with Crippen LogP contribution in [0.3, 0.4) is 0 Å². The molecule has 1 saturated heterocycles. The Kier molecular flexibility index (Phi) is 9.99. The zero-order valence-electron chi connectivity index (χ0n) is 17.1. The number of benzene rings is 1. The molecule has 0 aliphatic carbocycles. The fourth-order valence-electron chi connectivity index (χ4n) is 3.11. The third-order valence-corrected chi connectivity index (χ3v) is 5.13. The molecule has 0 atom stereocenters. The second-order valence-electron chi connectivity index (χ2n) is 7.55. The van der Waals surface area contributed by atoms with Crippen LogP contribution in [0.15, 0.2) is 35.3 Å². The van der Waals surface area contributed by atoms with Crippen LogP contribution in [0.1, 0.15) is 33.6 Å². The van der Waals surface area contributed by atoms with Crippen LogP contribution in [-0.2, 0) is 10.0 Å². The highest BCUT2D eigenvalue weighted by Gasteiger charge is 2.25. The van der Waals surface area contributed by atoms with Gasteiger partial charge in [-0.3, -0.25) is 4.99 Å². The highest BCUT2D eigenvalue weighted by molar-refractivity contribution is 14.0. The molecule has 0 unspecified atom stereocenters. The Morgan fingerprint density at radius 1 is 1.25 bits per heavy atom. The van der Waals surface area contributed by atoms with Crippen molar-refractivity contribution in [3.63, 3.8) is 0 Å². The SMILES string of the molecule is CCNC(=NCC(C)(C)NS(C)(=O)=O)N1CCC(Oc2ccccc2)CC1.I. The van der Waals surface area contributed by atoms with Crippen molar-refractivity contribution in [2.24, 2.45) is 4.99 Å². The maximum absolute atomic E-state index is 11.5. The third-order valence-electron chi connectivity index (χ3n) is 4.21. The van der Waals surface area contributed by atoms with Crippen molar-refractivity contribution in [1.29, 1.82) is 0 Å². The average Bonchev–Trinajstić information content (AvgIpc) is 2.58. The Morgan fingerprint density at radius 2 is 1.86 bits per heavy atom. The zero-order valence-corrected chi connectivity index (χ0v) is 20.3. The number of halogens is 1. The summed E-state index contributed by atoms with van der Waals surface area (Å²) in [6.45, 7) is 8.53.